The number of ether oxygens (including phenoxy) is 1. The first-order valence-electron chi connectivity index (χ1n) is 3.69. The Bertz CT molecular complexity index is 226. The molecule has 0 N–H and O–H groups in total. The van der Waals surface area contributed by atoms with Crippen LogP contribution in [-0.2, 0) is 4.74 Å². The molecule has 0 aliphatic rings. The summed E-state index contributed by atoms with van der Waals surface area (Å²) in [5, 5.41) is 0. The van der Waals surface area contributed by atoms with Gasteiger partial charge in [-0.25, -0.2) is 0 Å². The van der Waals surface area contributed by atoms with Crippen LogP contribution >= 0.6 is 0 Å². The maximum absolute atomic E-state index is 12.6. The summed E-state index contributed by atoms with van der Waals surface area (Å²) in [6.45, 7) is 1.70. The maximum Gasteiger partial charge on any atom is 0.409 e. The summed E-state index contributed by atoms with van der Waals surface area (Å²) in [6.07, 6.45) is -17.1. The van der Waals surface area contributed by atoms with Gasteiger partial charge in [0.1, 0.15) is 0 Å². The number of alkyl halides is 8. The summed E-state index contributed by atoms with van der Waals surface area (Å²) in [6, 6.07) is 0. The molecule has 0 atom stereocenters. The van der Waals surface area contributed by atoms with Gasteiger partial charge in [0.2, 0.25) is 5.92 Å². The molecule has 96 valence electrons. The van der Waals surface area contributed by atoms with E-state index < -0.39 is 31.0 Å². The van der Waals surface area contributed by atoms with Crippen LogP contribution in [0.3, 0.4) is 0 Å². The normalized spacial score (nSPS) is 14.3. The van der Waals surface area contributed by atoms with Crippen molar-refractivity contribution in [3.8, 4) is 0 Å². The third-order valence-electron chi connectivity index (χ3n) is 1.38. The quantitative estimate of drug-likeness (QED) is 0.553. The molecule has 0 saturated carbocycles. The molecule has 0 saturated heterocycles. The predicted octanol–water partition coefficient (Wildman–Crippen LogP) is 3.52. The third-order valence-corrected chi connectivity index (χ3v) is 1.38. The van der Waals surface area contributed by atoms with E-state index in [0.29, 0.717) is 6.08 Å². The molecule has 0 aliphatic carbocycles. The van der Waals surface area contributed by atoms with Crippen molar-refractivity contribution in [2.24, 2.45) is 5.92 Å². The van der Waals surface area contributed by atoms with Gasteiger partial charge in [0.25, 0.3) is 0 Å². The second-order valence-corrected chi connectivity index (χ2v) is 2.68. The summed E-state index contributed by atoms with van der Waals surface area (Å²) < 4.78 is 99.3. The van der Waals surface area contributed by atoms with Crippen LogP contribution in [-0.4, -0.2) is 25.1 Å². The standard InChI is InChI=1S/C7H6F8O/c1-2-3-16-7(14,15)4(5(8,9)10)6(11,12)13/h2,4H,1,3H2. The first-order chi connectivity index (χ1) is 6.93. The average Bonchev–Trinajstić information content (AvgIpc) is 1.93. The van der Waals surface area contributed by atoms with Gasteiger partial charge >= 0.3 is 18.5 Å². The van der Waals surface area contributed by atoms with Crippen molar-refractivity contribution >= 4 is 0 Å². The second kappa shape index (κ2) is 4.56. The highest BCUT2D eigenvalue weighted by Crippen LogP contribution is 2.48. The molecule has 0 aromatic heterocycles. The topological polar surface area (TPSA) is 9.23 Å². The van der Waals surface area contributed by atoms with Crippen LogP contribution in [0, 0.1) is 5.92 Å². The molecule has 0 aliphatic heterocycles. The SMILES string of the molecule is C=CCOC(F)(F)C(C(F)(F)F)C(F)(F)F. The minimum absolute atomic E-state index is 0.609. The summed E-state index contributed by atoms with van der Waals surface area (Å²) in [4.78, 5) is 0. The zero-order valence-electron chi connectivity index (χ0n) is 7.50. The first kappa shape index (κ1) is 15.1. The van der Waals surface area contributed by atoms with Crippen molar-refractivity contribution < 1.29 is 39.9 Å². The Labute approximate surface area is 84.7 Å². The largest absolute Gasteiger partial charge is 0.409 e. The Kier molecular flexibility index (Phi) is 4.31. The van der Waals surface area contributed by atoms with E-state index in [4.69, 9.17) is 0 Å². The Hall–Kier alpha value is -0.860. The summed E-state index contributed by atoms with van der Waals surface area (Å²) in [5.74, 6) is -4.85. The van der Waals surface area contributed by atoms with Crippen molar-refractivity contribution in [1.82, 2.24) is 0 Å². The molecule has 0 fully saturated rings. The van der Waals surface area contributed by atoms with E-state index in [1.165, 1.54) is 0 Å². The van der Waals surface area contributed by atoms with Gasteiger partial charge < -0.3 is 4.74 Å². The molecule has 0 radical (unpaired) electrons. The highest BCUT2D eigenvalue weighted by atomic mass is 19.4. The van der Waals surface area contributed by atoms with Crippen LogP contribution < -0.4 is 0 Å². The van der Waals surface area contributed by atoms with Gasteiger partial charge in [0, 0.05) is 0 Å². The van der Waals surface area contributed by atoms with Gasteiger partial charge in [-0.2, -0.15) is 35.1 Å². The lowest BCUT2D eigenvalue weighted by Gasteiger charge is -2.29. The van der Waals surface area contributed by atoms with E-state index in [0.717, 1.165) is 0 Å². The molecule has 0 spiro atoms. The smallest absolute Gasteiger partial charge is 0.316 e. The number of halogens is 8. The molecule has 0 amide bonds. The van der Waals surface area contributed by atoms with Crippen molar-refractivity contribution in [2.45, 2.75) is 18.5 Å². The van der Waals surface area contributed by atoms with Crippen molar-refractivity contribution in [3.63, 3.8) is 0 Å². The zero-order valence-corrected chi connectivity index (χ0v) is 7.50. The number of hydrogen-bond donors (Lipinski definition) is 0. The predicted molar refractivity (Wildman–Crippen MR) is 36.7 cm³/mol. The van der Waals surface area contributed by atoms with Gasteiger partial charge in [-0.1, -0.05) is 6.08 Å². The summed E-state index contributed by atoms with van der Waals surface area (Å²) in [7, 11) is 0. The van der Waals surface area contributed by atoms with E-state index >= 15 is 0 Å². The van der Waals surface area contributed by atoms with Crippen LogP contribution in [0.25, 0.3) is 0 Å². The van der Waals surface area contributed by atoms with Gasteiger partial charge in [-0.05, 0) is 0 Å². The first-order valence-corrected chi connectivity index (χ1v) is 3.69. The van der Waals surface area contributed by atoms with Crippen LogP contribution in [0.2, 0.25) is 0 Å². The minimum Gasteiger partial charge on any atom is -0.316 e. The fraction of sp³-hybridized carbons (Fsp3) is 0.714. The Morgan fingerprint density at radius 3 is 1.56 bits per heavy atom. The van der Waals surface area contributed by atoms with E-state index in [1.54, 1.807) is 0 Å². The lowest BCUT2D eigenvalue weighted by molar-refractivity contribution is -0.397. The molecule has 0 aromatic rings. The van der Waals surface area contributed by atoms with Gasteiger partial charge in [-0.15, -0.1) is 6.58 Å². The average molecular weight is 258 g/mol. The number of rotatable bonds is 4. The molecule has 0 aromatic carbocycles. The molecule has 16 heavy (non-hydrogen) atoms. The lowest BCUT2D eigenvalue weighted by atomic mass is 10.1. The van der Waals surface area contributed by atoms with Crippen molar-refractivity contribution in [1.29, 1.82) is 0 Å². The minimum atomic E-state index is -6.15. The maximum atomic E-state index is 12.6. The summed E-state index contributed by atoms with van der Waals surface area (Å²) in [5.41, 5.74) is 0. The number of hydrogen-bond acceptors (Lipinski definition) is 1. The van der Waals surface area contributed by atoms with Crippen LogP contribution in [0.15, 0.2) is 12.7 Å². The molecule has 1 nitrogen and oxygen atoms in total. The highest BCUT2D eigenvalue weighted by molar-refractivity contribution is 4.83. The Morgan fingerprint density at radius 2 is 1.31 bits per heavy atom. The fourth-order valence-corrected chi connectivity index (χ4v) is 0.820. The highest BCUT2D eigenvalue weighted by Gasteiger charge is 2.69. The van der Waals surface area contributed by atoms with Crippen LogP contribution in [0.1, 0.15) is 0 Å². The van der Waals surface area contributed by atoms with Crippen LogP contribution in [0.4, 0.5) is 35.1 Å². The van der Waals surface area contributed by atoms with E-state index in [2.05, 4.69) is 11.3 Å². The monoisotopic (exact) mass is 258 g/mol. The van der Waals surface area contributed by atoms with Gasteiger partial charge in [-0.3, -0.25) is 0 Å². The lowest BCUT2D eigenvalue weighted by Crippen LogP contribution is -2.50. The third kappa shape index (κ3) is 3.95. The van der Waals surface area contributed by atoms with E-state index in [-0.39, 0.29) is 0 Å². The Morgan fingerprint density at radius 1 is 0.938 bits per heavy atom. The van der Waals surface area contributed by atoms with Crippen molar-refractivity contribution in [2.75, 3.05) is 6.61 Å². The molecule has 9 heteroatoms. The van der Waals surface area contributed by atoms with Crippen LogP contribution in [0.5, 0.6) is 0 Å². The second-order valence-electron chi connectivity index (χ2n) is 2.68. The zero-order chi connectivity index (χ0) is 13.2. The molecule has 0 bridgehead atoms. The van der Waals surface area contributed by atoms with Crippen molar-refractivity contribution in [3.05, 3.63) is 12.7 Å². The van der Waals surface area contributed by atoms with E-state index in [9.17, 15) is 35.1 Å². The van der Waals surface area contributed by atoms with Gasteiger partial charge in [0.15, 0.2) is 0 Å². The van der Waals surface area contributed by atoms with E-state index in [1.807, 2.05) is 0 Å². The molecule has 0 rings (SSSR count). The molecular formula is C7H6F8O. The molecule has 0 unspecified atom stereocenters. The summed E-state index contributed by atoms with van der Waals surface area (Å²) >= 11 is 0. The Balaban J connectivity index is 5.11. The molecule has 0 heterocycles. The fourth-order valence-electron chi connectivity index (χ4n) is 0.820. The van der Waals surface area contributed by atoms with Gasteiger partial charge in [0.05, 0.1) is 6.61 Å². The molecular weight excluding hydrogens is 252 g/mol.